The zero-order valence-electron chi connectivity index (χ0n) is 10.2. The van der Waals surface area contributed by atoms with Gasteiger partial charge in [0.1, 0.15) is 0 Å². The summed E-state index contributed by atoms with van der Waals surface area (Å²) in [5.74, 6) is -0.381. The van der Waals surface area contributed by atoms with E-state index in [0.717, 1.165) is 31.9 Å². The molecular weight excluding hydrogens is 244 g/mol. The van der Waals surface area contributed by atoms with Gasteiger partial charge < -0.3 is 9.47 Å². The molecule has 1 saturated heterocycles. The van der Waals surface area contributed by atoms with Crippen molar-refractivity contribution in [2.45, 2.75) is 50.4 Å². The van der Waals surface area contributed by atoms with Crippen molar-refractivity contribution in [3.63, 3.8) is 0 Å². The summed E-state index contributed by atoms with van der Waals surface area (Å²) in [6.45, 7) is 0.718. The van der Waals surface area contributed by atoms with E-state index >= 15 is 0 Å². The largest absolute Gasteiger partial charge is 0.347 e. The van der Waals surface area contributed by atoms with Crippen LogP contribution in [0.15, 0.2) is 0 Å². The van der Waals surface area contributed by atoms with E-state index in [9.17, 15) is 8.42 Å². The van der Waals surface area contributed by atoms with Crippen molar-refractivity contribution in [2.75, 3.05) is 19.5 Å². The van der Waals surface area contributed by atoms with Crippen LogP contribution in [0.5, 0.6) is 0 Å². The highest BCUT2D eigenvalue weighted by Gasteiger charge is 2.41. The third kappa shape index (κ3) is 3.91. The van der Waals surface area contributed by atoms with Gasteiger partial charge in [-0.15, -0.1) is 0 Å². The monoisotopic (exact) mass is 264 g/mol. The van der Waals surface area contributed by atoms with E-state index < -0.39 is 10.1 Å². The van der Waals surface area contributed by atoms with Gasteiger partial charge in [-0.05, 0) is 12.8 Å². The molecule has 100 valence electrons. The second-order valence-corrected chi connectivity index (χ2v) is 6.48. The van der Waals surface area contributed by atoms with Crippen molar-refractivity contribution < 1.29 is 22.1 Å². The van der Waals surface area contributed by atoms with Gasteiger partial charge in [-0.3, -0.25) is 4.18 Å². The molecule has 0 aromatic rings. The Morgan fingerprint density at radius 2 is 2.00 bits per heavy atom. The first-order valence-electron chi connectivity index (χ1n) is 6.15. The Labute approximate surface area is 103 Å². The Kier molecular flexibility index (Phi) is 4.07. The SMILES string of the molecule is CS(=O)(=O)OCC[C@@H]1COC2(CCCCC2)O1. The van der Waals surface area contributed by atoms with E-state index in [1.807, 2.05) is 0 Å². The minimum Gasteiger partial charge on any atom is -0.347 e. The highest BCUT2D eigenvalue weighted by Crippen LogP contribution is 2.38. The van der Waals surface area contributed by atoms with Gasteiger partial charge in [0.15, 0.2) is 5.79 Å². The van der Waals surface area contributed by atoms with Crippen LogP contribution in [0.2, 0.25) is 0 Å². The summed E-state index contributed by atoms with van der Waals surface area (Å²) in [7, 11) is -3.35. The molecule has 2 fully saturated rings. The lowest BCUT2D eigenvalue weighted by Crippen LogP contribution is -2.33. The number of ether oxygens (including phenoxy) is 2. The standard InChI is InChI=1S/C11H20O5S/c1-17(12,13)15-8-5-10-9-14-11(16-10)6-3-2-4-7-11/h10H,2-9H2,1H3/t10-/m1/s1. The molecule has 0 bridgehead atoms. The molecule has 0 amide bonds. The molecule has 1 aliphatic heterocycles. The van der Waals surface area contributed by atoms with Crippen molar-refractivity contribution in [3.8, 4) is 0 Å². The van der Waals surface area contributed by atoms with Crippen molar-refractivity contribution >= 4 is 10.1 Å². The van der Waals surface area contributed by atoms with Crippen LogP contribution in [0.3, 0.4) is 0 Å². The maximum Gasteiger partial charge on any atom is 0.264 e. The number of hydrogen-bond donors (Lipinski definition) is 0. The van der Waals surface area contributed by atoms with Gasteiger partial charge in [-0.2, -0.15) is 8.42 Å². The maximum absolute atomic E-state index is 10.8. The molecule has 1 saturated carbocycles. The first-order valence-corrected chi connectivity index (χ1v) is 7.97. The average Bonchev–Trinajstić information content (AvgIpc) is 2.61. The summed E-state index contributed by atoms with van der Waals surface area (Å²) < 4.78 is 38.0. The Balaban J connectivity index is 1.74. The quantitative estimate of drug-likeness (QED) is 0.719. The van der Waals surface area contributed by atoms with E-state index in [1.165, 1.54) is 6.42 Å². The van der Waals surface area contributed by atoms with Crippen LogP contribution >= 0.6 is 0 Å². The minimum absolute atomic E-state index is 0.0325. The molecule has 0 unspecified atom stereocenters. The van der Waals surface area contributed by atoms with Crippen molar-refractivity contribution in [1.29, 1.82) is 0 Å². The van der Waals surface area contributed by atoms with Crippen LogP contribution in [0.1, 0.15) is 38.5 Å². The van der Waals surface area contributed by atoms with Gasteiger partial charge in [0, 0.05) is 19.3 Å². The second kappa shape index (κ2) is 5.22. The van der Waals surface area contributed by atoms with Crippen LogP contribution < -0.4 is 0 Å². The molecule has 0 N–H and O–H groups in total. The minimum atomic E-state index is -3.35. The predicted molar refractivity (Wildman–Crippen MR) is 62.1 cm³/mol. The molecule has 1 atom stereocenters. The molecule has 2 rings (SSSR count). The summed E-state index contributed by atoms with van der Waals surface area (Å²) in [6.07, 6.45) is 7.04. The summed E-state index contributed by atoms with van der Waals surface area (Å²) in [5.41, 5.74) is 0. The smallest absolute Gasteiger partial charge is 0.264 e. The number of rotatable bonds is 4. The first kappa shape index (κ1) is 13.3. The van der Waals surface area contributed by atoms with Crippen LogP contribution in [0.4, 0.5) is 0 Å². The maximum atomic E-state index is 10.8. The summed E-state index contributed by atoms with van der Waals surface area (Å²) in [4.78, 5) is 0. The summed E-state index contributed by atoms with van der Waals surface area (Å²) >= 11 is 0. The third-order valence-corrected chi connectivity index (χ3v) is 3.86. The van der Waals surface area contributed by atoms with Crippen LogP contribution in [-0.4, -0.2) is 39.8 Å². The van der Waals surface area contributed by atoms with Crippen molar-refractivity contribution in [3.05, 3.63) is 0 Å². The van der Waals surface area contributed by atoms with E-state index in [0.29, 0.717) is 13.0 Å². The second-order valence-electron chi connectivity index (χ2n) is 4.84. The van der Waals surface area contributed by atoms with E-state index in [1.54, 1.807) is 0 Å². The Bertz CT molecular complexity index is 345. The Hall–Kier alpha value is -0.170. The van der Waals surface area contributed by atoms with Gasteiger partial charge in [-0.25, -0.2) is 0 Å². The highest BCUT2D eigenvalue weighted by molar-refractivity contribution is 7.85. The Morgan fingerprint density at radius 1 is 1.29 bits per heavy atom. The molecule has 2 aliphatic rings. The fourth-order valence-corrected chi connectivity index (χ4v) is 2.84. The normalized spacial score (nSPS) is 28.6. The fourth-order valence-electron chi connectivity index (χ4n) is 2.44. The van der Waals surface area contributed by atoms with Crippen LogP contribution in [-0.2, 0) is 23.8 Å². The molecule has 0 aromatic carbocycles. The topological polar surface area (TPSA) is 61.8 Å². The molecule has 17 heavy (non-hydrogen) atoms. The average molecular weight is 264 g/mol. The predicted octanol–water partition coefficient (Wildman–Crippen LogP) is 1.43. The third-order valence-electron chi connectivity index (χ3n) is 3.27. The lowest BCUT2D eigenvalue weighted by molar-refractivity contribution is -0.187. The first-order chi connectivity index (χ1) is 7.99. The zero-order valence-corrected chi connectivity index (χ0v) is 11.0. The molecule has 5 nitrogen and oxygen atoms in total. The Morgan fingerprint density at radius 3 is 2.65 bits per heavy atom. The van der Waals surface area contributed by atoms with Gasteiger partial charge in [0.2, 0.25) is 0 Å². The molecule has 1 aliphatic carbocycles. The summed E-state index contributed by atoms with van der Waals surface area (Å²) in [6, 6.07) is 0. The van der Waals surface area contributed by atoms with Gasteiger partial charge in [0.05, 0.1) is 25.6 Å². The fraction of sp³-hybridized carbons (Fsp3) is 1.00. The molecule has 0 radical (unpaired) electrons. The van der Waals surface area contributed by atoms with Gasteiger partial charge in [-0.1, -0.05) is 6.42 Å². The lowest BCUT2D eigenvalue weighted by atomic mass is 9.94. The van der Waals surface area contributed by atoms with E-state index in [2.05, 4.69) is 0 Å². The molecule has 1 spiro atoms. The van der Waals surface area contributed by atoms with Crippen LogP contribution in [0.25, 0.3) is 0 Å². The van der Waals surface area contributed by atoms with Crippen molar-refractivity contribution in [2.24, 2.45) is 0 Å². The number of hydrogen-bond acceptors (Lipinski definition) is 5. The van der Waals surface area contributed by atoms with Crippen molar-refractivity contribution in [1.82, 2.24) is 0 Å². The summed E-state index contributed by atoms with van der Waals surface area (Å²) in [5, 5.41) is 0. The molecular formula is C11H20O5S. The van der Waals surface area contributed by atoms with Gasteiger partial charge in [0.25, 0.3) is 10.1 Å². The molecule has 1 heterocycles. The molecule has 0 aromatic heterocycles. The zero-order chi connectivity index (χ0) is 12.4. The van der Waals surface area contributed by atoms with E-state index in [4.69, 9.17) is 13.7 Å². The molecule has 6 heteroatoms. The van der Waals surface area contributed by atoms with E-state index in [-0.39, 0.29) is 18.5 Å². The van der Waals surface area contributed by atoms with Crippen LogP contribution in [0, 0.1) is 0 Å². The highest BCUT2D eigenvalue weighted by atomic mass is 32.2. The van der Waals surface area contributed by atoms with Gasteiger partial charge >= 0.3 is 0 Å². The lowest BCUT2D eigenvalue weighted by Gasteiger charge is -2.31.